The fourth-order valence-electron chi connectivity index (χ4n) is 0.563. The lowest BCUT2D eigenvalue weighted by atomic mass is 10.2. The molecule has 40 valence electrons. The molecule has 0 nitrogen and oxygen atoms in total. The Hall–Kier alpha value is 0.600. The molecule has 0 atom stereocenters. The average molecular weight is 132 g/mol. The smallest absolute Gasteiger partial charge is 0.0510 e. The van der Waals surface area contributed by atoms with E-state index in [1.165, 1.54) is 6.42 Å². The van der Waals surface area contributed by atoms with E-state index in [9.17, 15) is 0 Å². The first-order chi connectivity index (χ1) is 3.29. The molecule has 1 aliphatic rings. The summed E-state index contributed by atoms with van der Waals surface area (Å²) in [5, 5.41) is 1.07. The molecule has 0 fully saturated rings. The molecule has 0 bridgehead atoms. The average Bonchev–Trinajstić information content (AvgIpc) is 2.17. The third-order valence-corrected chi connectivity index (χ3v) is 3.61. The zero-order valence-corrected chi connectivity index (χ0v) is 6.55. The van der Waals surface area contributed by atoms with E-state index in [1.54, 1.807) is 15.7 Å². The maximum absolute atomic E-state index is 2.30. The van der Waals surface area contributed by atoms with Crippen LogP contribution in [0.4, 0.5) is 0 Å². The van der Waals surface area contributed by atoms with Gasteiger partial charge in [0.05, 0.1) is 5.40 Å². The molecule has 0 aromatic carbocycles. The van der Waals surface area contributed by atoms with E-state index < -0.39 is 0 Å². The predicted molar refractivity (Wildman–Crippen MR) is 37.1 cm³/mol. The third kappa shape index (κ3) is 2.42. The number of hydrogen-bond donors (Lipinski definition) is 0. The molecule has 1 rings (SSSR count). The Balaban J connectivity index is 1.99. The normalized spacial score (nSPS) is 31.0. The van der Waals surface area contributed by atoms with Gasteiger partial charge >= 0.3 is 0 Å². The van der Waals surface area contributed by atoms with Crippen LogP contribution in [-0.2, 0) is 0 Å². The van der Waals surface area contributed by atoms with Gasteiger partial charge in [-0.05, 0) is 12.3 Å². The monoisotopic (exact) mass is 132 g/mol. The Morgan fingerprint density at radius 1 is 1.43 bits per heavy atom. The highest BCUT2D eigenvalue weighted by molar-refractivity contribution is 8.02. The largest absolute Gasteiger partial charge is 0.0627 e. The molecule has 0 spiro atoms. The predicted octanol–water partition coefficient (Wildman–Crippen LogP) is 3.18. The SMILES string of the molecule is CC(C)CC1P=P1. The van der Waals surface area contributed by atoms with Crippen LogP contribution in [0.3, 0.4) is 0 Å². The van der Waals surface area contributed by atoms with Gasteiger partial charge in [-0.1, -0.05) is 29.6 Å². The van der Waals surface area contributed by atoms with Gasteiger partial charge < -0.3 is 0 Å². The van der Waals surface area contributed by atoms with Crippen molar-refractivity contribution in [3.63, 3.8) is 0 Å². The number of rotatable bonds is 2. The van der Waals surface area contributed by atoms with Gasteiger partial charge in [-0.15, -0.1) is 0 Å². The van der Waals surface area contributed by atoms with Crippen LogP contribution in [0.15, 0.2) is 0 Å². The highest BCUT2D eigenvalue weighted by atomic mass is 31.8. The second-order valence-electron chi connectivity index (χ2n) is 2.34. The third-order valence-electron chi connectivity index (χ3n) is 0.961. The molecule has 0 aliphatic carbocycles. The Bertz CT molecular complexity index is 80.1. The van der Waals surface area contributed by atoms with Crippen LogP contribution in [0.1, 0.15) is 20.3 Å². The first kappa shape index (κ1) is 5.73. The molecule has 1 heterocycles. The molecule has 0 saturated heterocycles. The van der Waals surface area contributed by atoms with Gasteiger partial charge in [0.25, 0.3) is 0 Å². The summed E-state index contributed by atoms with van der Waals surface area (Å²) < 4.78 is 0. The van der Waals surface area contributed by atoms with Crippen molar-refractivity contribution in [3.8, 4) is 0 Å². The lowest BCUT2D eigenvalue weighted by Crippen LogP contribution is -1.88. The van der Waals surface area contributed by atoms with E-state index in [2.05, 4.69) is 13.8 Å². The quantitative estimate of drug-likeness (QED) is 0.506. The van der Waals surface area contributed by atoms with Crippen molar-refractivity contribution in [1.82, 2.24) is 0 Å². The summed E-state index contributed by atoms with van der Waals surface area (Å²) in [6.45, 7) is 4.59. The molecule has 0 amide bonds. The van der Waals surface area contributed by atoms with Crippen molar-refractivity contribution in [1.29, 1.82) is 0 Å². The van der Waals surface area contributed by atoms with Crippen LogP contribution in [-0.4, -0.2) is 5.40 Å². The molecular weight excluding hydrogens is 122 g/mol. The number of hydrogen-bond acceptors (Lipinski definition) is 0. The zero-order valence-electron chi connectivity index (χ0n) is 4.76. The molecule has 0 N–H and O–H groups in total. The Morgan fingerprint density at radius 2 is 2.00 bits per heavy atom. The molecule has 0 aromatic rings. The van der Waals surface area contributed by atoms with Crippen LogP contribution in [0.25, 0.3) is 0 Å². The second kappa shape index (κ2) is 2.25. The lowest BCUT2D eigenvalue weighted by molar-refractivity contribution is 0.622. The van der Waals surface area contributed by atoms with Crippen molar-refractivity contribution < 1.29 is 0 Å². The molecule has 0 saturated carbocycles. The minimum atomic E-state index is 0.924. The highest BCUT2D eigenvalue weighted by Gasteiger charge is 2.13. The Kier molecular flexibility index (Phi) is 1.84. The highest BCUT2D eigenvalue weighted by Crippen LogP contribution is 2.51. The van der Waals surface area contributed by atoms with E-state index in [1.807, 2.05) is 0 Å². The summed E-state index contributed by atoms with van der Waals surface area (Å²) in [6.07, 6.45) is 1.45. The van der Waals surface area contributed by atoms with E-state index in [0.29, 0.717) is 0 Å². The van der Waals surface area contributed by atoms with Crippen molar-refractivity contribution in [2.24, 2.45) is 5.92 Å². The van der Waals surface area contributed by atoms with Gasteiger partial charge in [-0.2, -0.15) is 0 Å². The minimum absolute atomic E-state index is 0.924. The van der Waals surface area contributed by atoms with Crippen LogP contribution in [0.5, 0.6) is 0 Å². The van der Waals surface area contributed by atoms with Crippen molar-refractivity contribution in [3.05, 3.63) is 0 Å². The summed E-state index contributed by atoms with van der Waals surface area (Å²) in [6, 6.07) is 0. The molecule has 0 unspecified atom stereocenters. The minimum Gasteiger partial charge on any atom is -0.0627 e. The van der Waals surface area contributed by atoms with Gasteiger partial charge in [0.1, 0.15) is 0 Å². The van der Waals surface area contributed by atoms with Gasteiger partial charge in [0, 0.05) is 0 Å². The van der Waals surface area contributed by atoms with E-state index in [0.717, 1.165) is 11.3 Å². The summed E-state index contributed by atoms with van der Waals surface area (Å²) in [5.41, 5.74) is 0. The van der Waals surface area contributed by atoms with E-state index in [-0.39, 0.29) is 0 Å². The van der Waals surface area contributed by atoms with Gasteiger partial charge in [-0.25, -0.2) is 0 Å². The lowest BCUT2D eigenvalue weighted by Gasteiger charge is -1.97. The second-order valence-corrected chi connectivity index (χ2v) is 5.84. The van der Waals surface area contributed by atoms with Gasteiger partial charge in [0.15, 0.2) is 0 Å². The van der Waals surface area contributed by atoms with Gasteiger partial charge in [0.2, 0.25) is 0 Å². The van der Waals surface area contributed by atoms with Gasteiger partial charge in [-0.3, -0.25) is 0 Å². The molecule has 0 radical (unpaired) electrons. The van der Waals surface area contributed by atoms with Crippen molar-refractivity contribution in [2.45, 2.75) is 25.7 Å². The summed E-state index contributed by atoms with van der Waals surface area (Å²) in [4.78, 5) is 0. The molecule has 0 aromatic heterocycles. The van der Waals surface area contributed by atoms with Crippen LogP contribution < -0.4 is 0 Å². The Labute approximate surface area is 48.1 Å². The zero-order chi connectivity index (χ0) is 5.28. The van der Waals surface area contributed by atoms with E-state index in [4.69, 9.17) is 0 Å². The maximum Gasteiger partial charge on any atom is 0.0510 e. The molecule has 7 heavy (non-hydrogen) atoms. The topological polar surface area (TPSA) is 0 Å². The first-order valence-electron chi connectivity index (χ1n) is 2.69. The van der Waals surface area contributed by atoms with E-state index >= 15 is 0 Å². The molecule has 2 heteroatoms. The van der Waals surface area contributed by atoms with Crippen LogP contribution in [0.2, 0.25) is 0 Å². The Morgan fingerprint density at radius 3 is 2.14 bits per heavy atom. The standard InChI is InChI=1S/C5H10P2/c1-4(2)3-5-6-7-5/h4-5H,3H2,1-2H3. The summed E-state index contributed by atoms with van der Waals surface area (Å²) in [5.74, 6) is 0.924. The molecular formula is C5H10P2. The first-order valence-corrected chi connectivity index (χ1v) is 5.32. The van der Waals surface area contributed by atoms with Crippen molar-refractivity contribution in [2.75, 3.05) is 0 Å². The van der Waals surface area contributed by atoms with Crippen LogP contribution in [0, 0.1) is 5.92 Å². The molecule has 1 aliphatic heterocycles. The fraction of sp³-hybridized carbons (Fsp3) is 1.00. The fourth-order valence-corrected chi connectivity index (χ4v) is 2.54. The van der Waals surface area contributed by atoms with Crippen molar-refractivity contribution >= 4 is 15.7 Å². The summed E-state index contributed by atoms with van der Waals surface area (Å²) in [7, 11) is 3.36. The van der Waals surface area contributed by atoms with Crippen LogP contribution >= 0.6 is 15.7 Å². The maximum atomic E-state index is 2.30. The summed E-state index contributed by atoms with van der Waals surface area (Å²) >= 11 is 0.